The molecule has 2 saturated heterocycles. The fraction of sp³-hybridized carbons (Fsp3) is 0.933. The maximum absolute atomic E-state index is 13.0. The van der Waals surface area contributed by atoms with Crippen LogP contribution in [-0.2, 0) is 14.6 Å². The number of likely N-dealkylation sites (tertiary alicyclic amines) is 1. The predicted molar refractivity (Wildman–Crippen MR) is 102 cm³/mol. The molecule has 1 atom stereocenters. The molecule has 0 bridgehead atoms. The van der Waals surface area contributed by atoms with Crippen molar-refractivity contribution < 1.29 is 13.2 Å². The van der Waals surface area contributed by atoms with Gasteiger partial charge in [-0.25, -0.2) is 8.42 Å². The van der Waals surface area contributed by atoms with E-state index >= 15 is 0 Å². The Bertz CT molecular complexity index is 506. The number of nitrogens with zero attached hydrogens (tertiary/aromatic N) is 2. The zero-order chi connectivity index (χ0) is 16.4. The van der Waals surface area contributed by atoms with Crippen molar-refractivity contribution in [2.75, 3.05) is 45.5 Å². The van der Waals surface area contributed by atoms with Crippen LogP contribution < -0.4 is 5.32 Å². The Morgan fingerprint density at radius 3 is 2.21 bits per heavy atom. The van der Waals surface area contributed by atoms with Gasteiger partial charge in [0.2, 0.25) is 5.91 Å². The zero-order valence-corrected chi connectivity index (χ0v) is 17.2. The summed E-state index contributed by atoms with van der Waals surface area (Å²) in [6.45, 7) is 8.68. The van der Waals surface area contributed by atoms with Crippen LogP contribution in [0.15, 0.2) is 0 Å². The van der Waals surface area contributed by atoms with Crippen LogP contribution in [0.1, 0.15) is 33.1 Å². The molecular weight excluding hydrogens is 373 g/mol. The lowest BCUT2D eigenvalue weighted by Gasteiger charge is -2.37. The molecule has 1 amide bonds. The Morgan fingerprint density at radius 1 is 1.21 bits per heavy atom. The average Bonchev–Trinajstić information content (AvgIpc) is 2.97. The molecule has 0 aromatic heterocycles. The Hall–Kier alpha value is -0.0800. The lowest BCUT2D eigenvalue weighted by molar-refractivity contribution is -0.133. The molecule has 2 aliphatic heterocycles. The number of sulfone groups is 1. The second kappa shape index (κ2) is 9.57. The summed E-state index contributed by atoms with van der Waals surface area (Å²) in [5.74, 6) is -0.175. The summed E-state index contributed by atoms with van der Waals surface area (Å²) < 4.78 is 23.5. The topological polar surface area (TPSA) is 69.7 Å². The van der Waals surface area contributed by atoms with E-state index in [0.29, 0.717) is 45.1 Å². The average molecular weight is 404 g/mol. The minimum Gasteiger partial charge on any atom is -0.340 e. The van der Waals surface area contributed by atoms with Crippen LogP contribution in [0, 0.1) is 0 Å². The largest absolute Gasteiger partial charge is 0.340 e. The Labute approximate surface area is 158 Å². The van der Waals surface area contributed by atoms with Crippen molar-refractivity contribution >= 4 is 40.6 Å². The molecule has 144 valence electrons. The van der Waals surface area contributed by atoms with Gasteiger partial charge in [0.1, 0.15) is 0 Å². The van der Waals surface area contributed by atoms with Crippen LogP contribution in [0.25, 0.3) is 0 Å². The molecule has 0 aromatic rings. The highest BCUT2D eigenvalue weighted by Gasteiger charge is 2.51. The van der Waals surface area contributed by atoms with E-state index in [2.05, 4.69) is 24.1 Å². The molecule has 2 heterocycles. The van der Waals surface area contributed by atoms with Crippen molar-refractivity contribution in [2.24, 2.45) is 0 Å². The van der Waals surface area contributed by atoms with E-state index in [1.54, 1.807) is 4.90 Å². The van der Waals surface area contributed by atoms with Crippen LogP contribution in [0.5, 0.6) is 0 Å². The molecule has 0 radical (unpaired) electrons. The van der Waals surface area contributed by atoms with E-state index in [1.807, 2.05) is 0 Å². The number of hydrogen-bond donors (Lipinski definition) is 1. The maximum Gasteiger partial charge on any atom is 0.244 e. The van der Waals surface area contributed by atoms with Crippen molar-refractivity contribution in [3.8, 4) is 0 Å². The van der Waals surface area contributed by atoms with Gasteiger partial charge in [0, 0.05) is 25.4 Å². The lowest BCUT2D eigenvalue weighted by Crippen LogP contribution is -2.58. The zero-order valence-electron chi connectivity index (χ0n) is 14.8. The van der Waals surface area contributed by atoms with Crippen LogP contribution in [-0.4, -0.2) is 80.4 Å². The van der Waals surface area contributed by atoms with E-state index in [1.165, 1.54) is 6.26 Å². The molecule has 2 rings (SSSR count). The highest BCUT2D eigenvalue weighted by Crippen LogP contribution is 2.32. The molecule has 0 aliphatic carbocycles. The SMILES string of the molecule is CCN(CC)C1CCN(C(=O)C2(S(C)(=O)=O)CCNCC2)C1.Cl.Cl. The molecule has 1 N–H and O–H groups in total. The van der Waals surface area contributed by atoms with Crippen molar-refractivity contribution in [3.63, 3.8) is 0 Å². The summed E-state index contributed by atoms with van der Waals surface area (Å²) in [6, 6.07) is 0.359. The minimum atomic E-state index is -3.42. The predicted octanol–water partition coefficient (Wildman–Crippen LogP) is 0.939. The molecule has 0 saturated carbocycles. The number of likely N-dealkylation sites (N-methyl/N-ethyl adjacent to an activating group) is 1. The fourth-order valence-corrected chi connectivity index (χ4v) is 5.22. The number of carbonyl (C=O) groups excluding carboxylic acids is 1. The highest BCUT2D eigenvalue weighted by atomic mass is 35.5. The molecule has 24 heavy (non-hydrogen) atoms. The van der Waals surface area contributed by atoms with E-state index in [-0.39, 0.29) is 30.7 Å². The monoisotopic (exact) mass is 403 g/mol. The number of nitrogens with one attached hydrogen (secondary N) is 1. The third-order valence-electron chi connectivity index (χ3n) is 5.29. The molecule has 2 fully saturated rings. The molecule has 9 heteroatoms. The number of carbonyl (C=O) groups is 1. The second-order valence-electron chi connectivity index (χ2n) is 6.43. The summed E-state index contributed by atoms with van der Waals surface area (Å²) in [7, 11) is -3.42. The van der Waals surface area contributed by atoms with Gasteiger partial charge in [0.25, 0.3) is 0 Å². The summed E-state index contributed by atoms with van der Waals surface area (Å²) >= 11 is 0. The van der Waals surface area contributed by atoms with Gasteiger partial charge in [-0.3, -0.25) is 9.69 Å². The van der Waals surface area contributed by atoms with Crippen molar-refractivity contribution in [1.29, 1.82) is 0 Å². The van der Waals surface area contributed by atoms with Gasteiger partial charge in [0.15, 0.2) is 14.6 Å². The Morgan fingerprint density at radius 2 is 1.75 bits per heavy atom. The van der Waals surface area contributed by atoms with Crippen LogP contribution in [0.2, 0.25) is 0 Å². The van der Waals surface area contributed by atoms with Gasteiger partial charge >= 0.3 is 0 Å². The quantitative estimate of drug-likeness (QED) is 0.739. The highest BCUT2D eigenvalue weighted by molar-refractivity contribution is 7.92. The first-order valence-corrected chi connectivity index (χ1v) is 10.2. The number of amides is 1. The lowest BCUT2D eigenvalue weighted by atomic mass is 9.95. The van der Waals surface area contributed by atoms with E-state index in [0.717, 1.165) is 19.5 Å². The van der Waals surface area contributed by atoms with Crippen LogP contribution in [0.4, 0.5) is 0 Å². The number of piperidine rings is 1. The number of hydrogen-bond acceptors (Lipinski definition) is 5. The summed E-state index contributed by atoms with van der Waals surface area (Å²) in [4.78, 5) is 17.2. The minimum absolute atomic E-state index is 0. The van der Waals surface area contributed by atoms with Gasteiger partial charge in [-0.2, -0.15) is 0 Å². The van der Waals surface area contributed by atoms with Crippen LogP contribution >= 0.6 is 24.8 Å². The van der Waals surface area contributed by atoms with Gasteiger partial charge in [0.05, 0.1) is 0 Å². The normalized spacial score (nSPS) is 23.5. The smallest absolute Gasteiger partial charge is 0.244 e. The summed E-state index contributed by atoms with van der Waals surface area (Å²) in [5.41, 5.74) is 0. The number of rotatable bonds is 5. The van der Waals surface area contributed by atoms with Gasteiger partial charge in [-0.1, -0.05) is 13.8 Å². The third kappa shape index (κ3) is 4.55. The molecular formula is C15H31Cl2N3O3S. The number of halogens is 2. The van der Waals surface area contributed by atoms with E-state index < -0.39 is 14.6 Å². The van der Waals surface area contributed by atoms with Gasteiger partial charge in [-0.15, -0.1) is 24.8 Å². The van der Waals surface area contributed by atoms with E-state index in [4.69, 9.17) is 0 Å². The summed E-state index contributed by atoms with van der Waals surface area (Å²) in [5, 5.41) is 3.16. The Kier molecular flexibility index (Phi) is 9.54. The van der Waals surface area contributed by atoms with Crippen LogP contribution in [0.3, 0.4) is 0 Å². The molecule has 0 aromatic carbocycles. The summed E-state index contributed by atoms with van der Waals surface area (Å²) in [6.07, 6.45) is 2.92. The van der Waals surface area contributed by atoms with Gasteiger partial charge < -0.3 is 10.2 Å². The first-order valence-electron chi connectivity index (χ1n) is 8.29. The van der Waals surface area contributed by atoms with Crippen molar-refractivity contribution in [1.82, 2.24) is 15.1 Å². The standard InChI is InChI=1S/C15H29N3O3S.2ClH/c1-4-17(5-2)13-6-11-18(12-13)14(19)15(22(3,20)21)7-9-16-10-8-15;;/h13,16H,4-12H2,1-3H3;2*1H. The molecule has 2 aliphatic rings. The van der Waals surface area contributed by atoms with Gasteiger partial charge in [-0.05, 0) is 45.4 Å². The third-order valence-corrected chi connectivity index (χ3v) is 7.29. The van der Waals surface area contributed by atoms with Crippen molar-refractivity contribution in [2.45, 2.75) is 43.9 Å². The second-order valence-corrected chi connectivity index (χ2v) is 8.76. The fourth-order valence-electron chi connectivity index (χ4n) is 3.83. The Balaban J connectivity index is 0.00000264. The maximum atomic E-state index is 13.0. The van der Waals surface area contributed by atoms with Crippen molar-refractivity contribution in [3.05, 3.63) is 0 Å². The molecule has 0 spiro atoms. The first-order chi connectivity index (χ1) is 10.4. The molecule has 6 nitrogen and oxygen atoms in total. The first kappa shape index (κ1) is 23.9. The molecule has 1 unspecified atom stereocenters. The van der Waals surface area contributed by atoms with E-state index in [9.17, 15) is 13.2 Å².